The zero-order valence-electron chi connectivity index (χ0n) is 8.80. The topological polar surface area (TPSA) is 109 Å². The Morgan fingerprint density at radius 2 is 2.12 bits per heavy atom. The average Bonchev–Trinajstić information content (AvgIpc) is 2.29. The maximum Gasteiger partial charge on any atom is 0.359 e. The molecule has 2 rings (SSSR count). The largest absolute Gasteiger partial charge is 0.493 e. The molecule has 0 bridgehead atoms. The maximum atomic E-state index is 11.2. The number of methoxy groups -OCH3 is 1. The van der Waals surface area contributed by atoms with Gasteiger partial charge in [-0.05, 0) is 6.07 Å². The first-order chi connectivity index (χ1) is 8.02. The van der Waals surface area contributed by atoms with Crippen LogP contribution in [-0.4, -0.2) is 12.0 Å². The second-order valence-electron chi connectivity index (χ2n) is 3.31. The van der Waals surface area contributed by atoms with Gasteiger partial charge in [-0.15, -0.1) is 0 Å². The van der Waals surface area contributed by atoms with E-state index in [1.54, 1.807) is 0 Å². The minimum absolute atomic E-state index is 0.111. The number of nitrogens with two attached hydrogens (primary N) is 1. The van der Waals surface area contributed by atoms with E-state index in [-0.39, 0.29) is 22.7 Å². The highest BCUT2D eigenvalue weighted by molar-refractivity contribution is 5.87. The highest BCUT2D eigenvalue weighted by atomic mass is 16.6. The molecule has 2 aromatic rings. The Morgan fingerprint density at radius 3 is 2.71 bits per heavy atom. The summed E-state index contributed by atoms with van der Waals surface area (Å²) >= 11 is 0. The van der Waals surface area contributed by atoms with Gasteiger partial charge in [-0.25, -0.2) is 4.79 Å². The van der Waals surface area contributed by atoms with Crippen molar-refractivity contribution >= 4 is 22.3 Å². The normalized spacial score (nSPS) is 10.4. The van der Waals surface area contributed by atoms with Gasteiger partial charge in [-0.1, -0.05) is 0 Å². The van der Waals surface area contributed by atoms with E-state index in [9.17, 15) is 14.9 Å². The number of rotatable bonds is 2. The molecule has 2 N–H and O–H groups in total. The third kappa shape index (κ3) is 1.78. The molecule has 0 fully saturated rings. The van der Waals surface area contributed by atoms with Gasteiger partial charge in [0.1, 0.15) is 5.69 Å². The summed E-state index contributed by atoms with van der Waals surface area (Å²) in [5, 5.41) is 11.0. The van der Waals surface area contributed by atoms with Gasteiger partial charge < -0.3 is 14.9 Å². The van der Waals surface area contributed by atoms with Crippen LogP contribution in [0.4, 0.5) is 11.4 Å². The Bertz CT molecular complexity index is 662. The number of benzene rings is 1. The van der Waals surface area contributed by atoms with E-state index >= 15 is 0 Å². The molecule has 0 saturated heterocycles. The van der Waals surface area contributed by atoms with Gasteiger partial charge in [-0.3, -0.25) is 10.1 Å². The van der Waals surface area contributed by atoms with Crippen molar-refractivity contribution in [2.75, 3.05) is 12.8 Å². The molecule has 0 radical (unpaired) electrons. The van der Waals surface area contributed by atoms with Gasteiger partial charge in [0.2, 0.25) is 0 Å². The molecule has 7 nitrogen and oxygen atoms in total. The summed E-state index contributed by atoms with van der Waals surface area (Å²) in [7, 11) is 1.33. The number of nitrogen functional groups attached to an aromatic ring is 1. The lowest BCUT2D eigenvalue weighted by atomic mass is 10.2. The van der Waals surface area contributed by atoms with Crippen LogP contribution in [0, 0.1) is 10.1 Å². The number of hydrogen-bond acceptors (Lipinski definition) is 6. The summed E-state index contributed by atoms with van der Waals surface area (Å²) in [5.41, 5.74) is 4.54. The molecule has 0 amide bonds. The van der Waals surface area contributed by atoms with Gasteiger partial charge in [0.25, 0.3) is 5.69 Å². The monoisotopic (exact) mass is 236 g/mol. The van der Waals surface area contributed by atoms with Gasteiger partial charge >= 0.3 is 5.63 Å². The predicted octanol–water partition coefficient (Wildman–Crippen LogP) is 1.29. The lowest BCUT2D eigenvalue weighted by molar-refractivity contribution is -0.384. The smallest absolute Gasteiger partial charge is 0.359 e. The van der Waals surface area contributed by atoms with E-state index in [0.717, 1.165) is 0 Å². The summed E-state index contributed by atoms with van der Waals surface area (Å²) in [4.78, 5) is 21.4. The Labute approximate surface area is 94.6 Å². The second kappa shape index (κ2) is 3.78. The third-order valence-electron chi connectivity index (χ3n) is 2.24. The van der Waals surface area contributed by atoms with Crippen LogP contribution in [0.5, 0.6) is 5.75 Å². The Balaban J connectivity index is 2.87. The van der Waals surface area contributed by atoms with Crippen LogP contribution < -0.4 is 16.1 Å². The Kier molecular flexibility index (Phi) is 2.43. The van der Waals surface area contributed by atoms with Crippen molar-refractivity contribution in [1.82, 2.24) is 0 Å². The molecular formula is C10H8N2O5. The van der Waals surface area contributed by atoms with Crippen LogP contribution in [0.1, 0.15) is 0 Å². The number of ether oxygens (including phenoxy) is 1. The van der Waals surface area contributed by atoms with E-state index in [1.165, 1.54) is 25.3 Å². The molecule has 7 heteroatoms. The van der Waals surface area contributed by atoms with Crippen LogP contribution in [0.3, 0.4) is 0 Å². The average molecular weight is 236 g/mol. The van der Waals surface area contributed by atoms with Crippen LogP contribution in [0.15, 0.2) is 27.4 Å². The Morgan fingerprint density at radius 1 is 1.41 bits per heavy atom. The molecule has 17 heavy (non-hydrogen) atoms. The molecule has 1 aromatic carbocycles. The molecule has 0 atom stereocenters. The fourth-order valence-corrected chi connectivity index (χ4v) is 1.46. The SMILES string of the molecule is COc1cc([N+](=O)[O-])cc2cc(N)c(=O)oc12. The quantitative estimate of drug-likeness (QED) is 0.478. The van der Waals surface area contributed by atoms with Crippen molar-refractivity contribution in [3.8, 4) is 5.75 Å². The first kappa shape index (κ1) is 10.9. The van der Waals surface area contributed by atoms with Crippen molar-refractivity contribution in [1.29, 1.82) is 0 Å². The standard InChI is InChI=1S/C10H8N2O5/c1-16-8-4-6(12(14)15)2-5-3-7(11)10(13)17-9(5)8/h2-4H,11H2,1H3. The maximum absolute atomic E-state index is 11.2. The minimum atomic E-state index is -0.704. The van der Waals surface area contributed by atoms with Crippen molar-refractivity contribution in [2.45, 2.75) is 0 Å². The summed E-state index contributed by atoms with van der Waals surface area (Å²) in [5.74, 6) is 0.117. The van der Waals surface area contributed by atoms with E-state index in [4.69, 9.17) is 14.9 Å². The highest BCUT2D eigenvalue weighted by Gasteiger charge is 2.15. The summed E-state index contributed by atoms with van der Waals surface area (Å²) in [6, 6.07) is 3.76. The molecule has 0 saturated carbocycles. The van der Waals surface area contributed by atoms with E-state index in [0.29, 0.717) is 5.39 Å². The fraction of sp³-hybridized carbons (Fsp3) is 0.100. The van der Waals surface area contributed by atoms with Crippen LogP contribution in [-0.2, 0) is 0 Å². The van der Waals surface area contributed by atoms with Crippen molar-refractivity contribution in [3.05, 3.63) is 38.7 Å². The number of nitrogens with zero attached hydrogens (tertiary/aromatic N) is 1. The molecular weight excluding hydrogens is 228 g/mol. The molecule has 0 unspecified atom stereocenters. The number of nitro groups is 1. The van der Waals surface area contributed by atoms with Crippen molar-refractivity contribution < 1.29 is 14.1 Å². The molecule has 0 aliphatic carbocycles. The summed E-state index contributed by atoms with van der Waals surface area (Å²) in [6.45, 7) is 0. The minimum Gasteiger partial charge on any atom is -0.493 e. The first-order valence-electron chi connectivity index (χ1n) is 4.58. The number of fused-ring (bicyclic) bond motifs is 1. The van der Waals surface area contributed by atoms with E-state index in [1.807, 2.05) is 0 Å². The van der Waals surface area contributed by atoms with Crippen molar-refractivity contribution in [3.63, 3.8) is 0 Å². The van der Waals surface area contributed by atoms with Gasteiger partial charge in [-0.2, -0.15) is 0 Å². The molecule has 1 heterocycles. The van der Waals surface area contributed by atoms with E-state index in [2.05, 4.69) is 0 Å². The number of anilines is 1. The Hall–Kier alpha value is -2.57. The van der Waals surface area contributed by atoms with Crippen molar-refractivity contribution in [2.24, 2.45) is 0 Å². The predicted molar refractivity (Wildman–Crippen MR) is 60.1 cm³/mol. The highest BCUT2D eigenvalue weighted by Crippen LogP contribution is 2.30. The molecule has 0 spiro atoms. The lowest BCUT2D eigenvalue weighted by Gasteiger charge is -2.04. The van der Waals surface area contributed by atoms with Crippen LogP contribution in [0.25, 0.3) is 11.0 Å². The second-order valence-corrected chi connectivity index (χ2v) is 3.31. The molecule has 0 aliphatic heterocycles. The van der Waals surface area contributed by atoms with E-state index < -0.39 is 10.5 Å². The fourth-order valence-electron chi connectivity index (χ4n) is 1.46. The summed E-state index contributed by atoms with van der Waals surface area (Å²) < 4.78 is 9.86. The zero-order valence-corrected chi connectivity index (χ0v) is 8.80. The van der Waals surface area contributed by atoms with Crippen LogP contribution in [0.2, 0.25) is 0 Å². The summed E-state index contributed by atoms with van der Waals surface area (Å²) in [6.07, 6.45) is 0. The number of hydrogen-bond donors (Lipinski definition) is 1. The van der Waals surface area contributed by atoms with Gasteiger partial charge in [0.05, 0.1) is 18.1 Å². The molecule has 1 aromatic heterocycles. The number of non-ortho nitro benzene ring substituents is 1. The van der Waals surface area contributed by atoms with Gasteiger partial charge in [0.15, 0.2) is 11.3 Å². The van der Waals surface area contributed by atoms with Gasteiger partial charge in [0, 0.05) is 11.5 Å². The molecule has 0 aliphatic rings. The third-order valence-corrected chi connectivity index (χ3v) is 2.24. The van der Waals surface area contributed by atoms with Crippen LogP contribution >= 0.6 is 0 Å². The zero-order chi connectivity index (χ0) is 12.6. The lowest BCUT2D eigenvalue weighted by Crippen LogP contribution is -2.06. The number of nitro benzene ring substituents is 1. The first-order valence-corrected chi connectivity index (χ1v) is 4.58. The molecule has 88 valence electrons.